The number of rotatable bonds is 1. The van der Waals surface area contributed by atoms with Crippen LogP contribution < -0.4 is 5.32 Å². The van der Waals surface area contributed by atoms with Crippen molar-refractivity contribution in [3.63, 3.8) is 0 Å². The van der Waals surface area contributed by atoms with Crippen LogP contribution in [0.5, 0.6) is 0 Å². The third-order valence-corrected chi connectivity index (χ3v) is 2.20. The monoisotopic (exact) mass is 179 g/mol. The molecule has 2 atom stereocenters. The molecule has 1 heterocycles. The molecule has 0 saturated carbocycles. The predicted octanol–water partition coefficient (Wildman–Crippen LogP) is 2.10. The Hall–Kier alpha value is -0.510. The summed E-state index contributed by atoms with van der Waals surface area (Å²) < 4.78 is 36.3. The third-order valence-electron chi connectivity index (χ3n) is 2.20. The molecule has 12 heavy (non-hydrogen) atoms. The van der Waals surface area contributed by atoms with Gasteiger partial charge in [0.1, 0.15) is 0 Å². The lowest BCUT2D eigenvalue weighted by molar-refractivity contribution is -0.178. The van der Waals surface area contributed by atoms with Crippen LogP contribution >= 0.6 is 0 Å². The smallest absolute Gasteiger partial charge is 0.310 e. The van der Waals surface area contributed by atoms with E-state index < -0.39 is 12.1 Å². The number of hydrogen-bond acceptors (Lipinski definition) is 1. The minimum absolute atomic E-state index is 0.0280. The van der Waals surface area contributed by atoms with Gasteiger partial charge in [0.15, 0.2) is 0 Å². The Balaban J connectivity index is 2.41. The molecule has 0 aromatic carbocycles. The summed E-state index contributed by atoms with van der Waals surface area (Å²) in [7, 11) is 0. The van der Waals surface area contributed by atoms with Gasteiger partial charge in [0, 0.05) is 12.6 Å². The van der Waals surface area contributed by atoms with E-state index in [4.69, 9.17) is 0 Å². The second-order valence-corrected chi connectivity index (χ2v) is 3.07. The molecule has 1 N–H and O–H groups in total. The number of alkyl halides is 3. The van der Waals surface area contributed by atoms with Crippen molar-refractivity contribution in [3.05, 3.63) is 12.7 Å². The summed E-state index contributed by atoms with van der Waals surface area (Å²) in [6.45, 7) is 3.56. The zero-order chi connectivity index (χ0) is 9.19. The van der Waals surface area contributed by atoms with Gasteiger partial charge in [-0.3, -0.25) is 0 Å². The molecule has 1 saturated heterocycles. The minimum Gasteiger partial charge on any atom is -0.310 e. The molecule has 0 radical (unpaired) electrons. The molecule has 1 aliphatic rings. The summed E-state index contributed by atoms with van der Waals surface area (Å²) in [4.78, 5) is 0. The third kappa shape index (κ3) is 2.24. The fourth-order valence-corrected chi connectivity index (χ4v) is 1.36. The quantitative estimate of drug-likeness (QED) is 0.608. The topological polar surface area (TPSA) is 12.0 Å². The van der Waals surface area contributed by atoms with Crippen molar-refractivity contribution in [1.82, 2.24) is 5.32 Å². The summed E-state index contributed by atoms with van der Waals surface area (Å²) in [5.74, 6) is -1.17. The van der Waals surface area contributed by atoms with E-state index >= 15 is 0 Å². The maximum atomic E-state index is 12.1. The fourth-order valence-electron chi connectivity index (χ4n) is 1.36. The van der Waals surface area contributed by atoms with E-state index in [0.717, 1.165) is 0 Å². The largest absolute Gasteiger partial charge is 0.393 e. The Bertz CT molecular complexity index is 156. The average Bonchev–Trinajstić information content (AvgIpc) is 2.03. The van der Waals surface area contributed by atoms with Gasteiger partial charge in [0.2, 0.25) is 0 Å². The highest BCUT2D eigenvalue weighted by Gasteiger charge is 2.40. The molecule has 0 bridgehead atoms. The number of halogens is 3. The van der Waals surface area contributed by atoms with Crippen molar-refractivity contribution in [2.45, 2.75) is 25.1 Å². The molecular weight excluding hydrogens is 167 g/mol. The van der Waals surface area contributed by atoms with E-state index in [9.17, 15) is 13.2 Å². The zero-order valence-corrected chi connectivity index (χ0v) is 6.69. The molecule has 1 fully saturated rings. The molecule has 0 aliphatic carbocycles. The minimum atomic E-state index is -4.04. The van der Waals surface area contributed by atoms with Gasteiger partial charge in [-0.05, 0) is 12.8 Å². The normalized spacial score (nSPS) is 31.6. The van der Waals surface area contributed by atoms with Crippen molar-refractivity contribution < 1.29 is 13.2 Å². The van der Waals surface area contributed by atoms with E-state index in [-0.39, 0.29) is 19.0 Å². The van der Waals surface area contributed by atoms with Gasteiger partial charge in [0.25, 0.3) is 0 Å². The molecule has 2 unspecified atom stereocenters. The van der Waals surface area contributed by atoms with Crippen molar-refractivity contribution >= 4 is 0 Å². The Morgan fingerprint density at radius 1 is 1.33 bits per heavy atom. The van der Waals surface area contributed by atoms with Crippen molar-refractivity contribution in [3.8, 4) is 0 Å². The second kappa shape index (κ2) is 3.47. The van der Waals surface area contributed by atoms with Gasteiger partial charge in [-0.2, -0.15) is 13.2 Å². The summed E-state index contributed by atoms with van der Waals surface area (Å²) in [6.07, 6.45) is -1.63. The van der Waals surface area contributed by atoms with Gasteiger partial charge in [0.05, 0.1) is 5.92 Å². The van der Waals surface area contributed by atoms with Crippen LogP contribution in [0.15, 0.2) is 12.7 Å². The van der Waals surface area contributed by atoms with Gasteiger partial charge in [-0.15, -0.1) is 6.58 Å². The van der Waals surface area contributed by atoms with Crippen molar-refractivity contribution in [2.75, 3.05) is 6.54 Å². The van der Waals surface area contributed by atoms with E-state index in [1.54, 1.807) is 6.08 Å². The Morgan fingerprint density at radius 2 is 2.00 bits per heavy atom. The van der Waals surface area contributed by atoms with Crippen LogP contribution in [0.4, 0.5) is 13.2 Å². The Kier molecular flexibility index (Phi) is 2.77. The lowest BCUT2D eigenvalue weighted by Gasteiger charge is -2.29. The molecular formula is C8H12F3N. The van der Waals surface area contributed by atoms with Crippen LogP contribution in [0.1, 0.15) is 12.8 Å². The van der Waals surface area contributed by atoms with E-state index in [1.165, 1.54) is 0 Å². The summed E-state index contributed by atoms with van der Waals surface area (Å²) in [6, 6.07) is 0.0589. The standard InChI is InChI=1S/C8H12F3N/c1-2-7-4-3-6(5-12-7)8(9,10)11/h2,6-7,12H,1,3-5H2. The van der Waals surface area contributed by atoms with Gasteiger partial charge in [-0.1, -0.05) is 6.08 Å². The lowest BCUT2D eigenvalue weighted by atomic mass is 9.94. The summed E-state index contributed by atoms with van der Waals surface area (Å²) >= 11 is 0. The van der Waals surface area contributed by atoms with E-state index in [1.807, 2.05) is 0 Å². The first kappa shape index (κ1) is 9.58. The van der Waals surface area contributed by atoms with Crippen LogP contribution in [0, 0.1) is 5.92 Å². The van der Waals surface area contributed by atoms with Crippen LogP contribution in [-0.2, 0) is 0 Å². The molecule has 0 amide bonds. The predicted molar refractivity (Wildman–Crippen MR) is 40.8 cm³/mol. The van der Waals surface area contributed by atoms with Crippen molar-refractivity contribution in [2.24, 2.45) is 5.92 Å². The van der Waals surface area contributed by atoms with Gasteiger partial charge in [-0.25, -0.2) is 0 Å². The van der Waals surface area contributed by atoms with Crippen molar-refractivity contribution in [1.29, 1.82) is 0 Å². The second-order valence-electron chi connectivity index (χ2n) is 3.07. The van der Waals surface area contributed by atoms with Crippen LogP contribution in [0.3, 0.4) is 0 Å². The lowest BCUT2D eigenvalue weighted by Crippen LogP contribution is -2.43. The number of nitrogens with one attached hydrogen (secondary N) is 1. The fraction of sp³-hybridized carbons (Fsp3) is 0.750. The number of piperidine rings is 1. The zero-order valence-electron chi connectivity index (χ0n) is 6.69. The van der Waals surface area contributed by atoms with Gasteiger partial charge < -0.3 is 5.32 Å². The maximum absolute atomic E-state index is 12.1. The Morgan fingerprint density at radius 3 is 2.33 bits per heavy atom. The molecule has 0 aromatic heterocycles. The average molecular weight is 179 g/mol. The first-order valence-electron chi connectivity index (χ1n) is 3.96. The molecule has 0 spiro atoms. The van der Waals surface area contributed by atoms with E-state index in [0.29, 0.717) is 6.42 Å². The first-order chi connectivity index (χ1) is 5.54. The Labute approximate surface area is 69.6 Å². The molecule has 4 heteroatoms. The van der Waals surface area contributed by atoms with E-state index in [2.05, 4.69) is 11.9 Å². The SMILES string of the molecule is C=CC1CCC(C(F)(F)F)CN1. The molecule has 1 aliphatic heterocycles. The highest BCUT2D eigenvalue weighted by molar-refractivity contribution is 4.91. The summed E-state index contributed by atoms with van der Waals surface area (Å²) in [5.41, 5.74) is 0. The highest BCUT2D eigenvalue weighted by atomic mass is 19.4. The number of hydrogen-bond donors (Lipinski definition) is 1. The molecule has 70 valence electrons. The molecule has 1 nitrogen and oxygen atoms in total. The van der Waals surface area contributed by atoms with Gasteiger partial charge >= 0.3 is 6.18 Å². The first-order valence-corrected chi connectivity index (χ1v) is 3.96. The molecule has 1 rings (SSSR count). The van der Waals surface area contributed by atoms with Crippen LogP contribution in [0.2, 0.25) is 0 Å². The summed E-state index contributed by atoms with van der Waals surface area (Å²) in [5, 5.41) is 2.79. The van der Waals surface area contributed by atoms with Crippen LogP contribution in [-0.4, -0.2) is 18.8 Å². The van der Waals surface area contributed by atoms with Crippen LogP contribution in [0.25, 0.3) is 0 Å². The maximum Gasteiger partial charge on any atom is 0.393 e. The molecule has 0 aromatic rings. The highest BCUT2D eigenvalue weighted by Crippen LogP contribution is 2.31.